The van der Waals surface area contributed by atoms with E-state index in [0.717, 1.165) is 21.9 Å². The summed E-state index contributed by atoms with van der Waals surface area (Å²) in [6, 6.07) is 28.1. The first kappa shape index (κ1) is 34.1. The van der Waals surface area contributed by atoms with E-state index < -0.39 is 24.1 Å². The maximum absolute atomic E-state index is 14.6. The molecule has 47 heavy (non-hydrogen) atoms. The van der Waals surface area contributed by atoms with Gasteiger partial charge in [0.15, 0.2) is 0 Å². The molecule has 4 N–H and O–H groups in total. The molecule has 5 rings (SSSR count). The fourth-order valence-electron chi connectivity index (χ4n) is 6.57. The molecule has 8 nitrogen and oxygen atoms in total. The lowest BCUT2D eigenvalue weighted by Crippen LogP contribution is -2.52. The molecule has 5 atom stereocenters. The van der Waals surface area contributed by atoms with Crippen LogP contribution in [0.5, 0.6) is 0 Å². The van der Waals surface area contributed by atoms with Crippen LogP contribution in [0.25, 0.3) is 10.8 Å². The summed E-state index contributed by atoms with van der Waals surface area (Å²) in [5.74, 6) is -1.22. The van der Waals surface area contributed by atoms with Gasteiger partial charge in [0.1, 0.15) is 12.1 Å². The van der Waals surface area contributed by atoms with Gasteiger partial charge in [-0.15, -0.1) is 0 Å². The maximum Gasteiger partial charge on any atom is 0.250 e. The third-order valence-electron chi connectivity index (χ3n) is 9.17. The Hall–Kier alpha value is -4.24. The van der Waals surface area contributed by atoms with Crippen LogP contribution in [0.2, 0.25) is 5.02 Å². The highest BCUT2D eigenvalue weighted by atomic mass is 35.5. The van der Waals surface area contributed by atoms with E-state index >= 15 is 0 Å². The van der Waals surface area contributed by atoms with Gasteiger partial charge in [-0.1, -0.05) is 103 Å². The molecule has 3 amide bonds. The Morgan fingerprint density at radius 1 is 1.00 bits per heavy atom. The molecule has 1 aliphatic rings. The van der Waals surface area contributed by atoms with E-state index in [1.165, 1.54) is 0 Å². The summed E-state index contributed by atoms with van der Waals surface area (Å²) in [6.07, 6.45) is 0.247. The van der Waals surface area contributed by atoms with Gasteiger partial charge >= 0.3 is 0 Å². The Balaban J connectivity index is 1.36. The van der Waals surface area contributed by atoms with Crippen LogP contribution in [-0.4, -0.2) is 64.3 Å². The van der Waals surface area contributed by atoms with Crippen molar-refractivity contribution in [1.29, 1.82) is 0 Å². The van der Waals surface area contributed by atoms with Crippen molar-refractivity contribution in [3.63, 3.8) is 0 Å². The van der Waals surface area contributed by atoms with Crippen molar-refractivity contribution in [3.05, 3.63) is 119 Å². The van der Waals surface area contributed by atoms with Gasteiger partial charge in [-0.25, -0.2) is 0 Å². The van der Waals surface area contributed by atoms with Gasteiger partial charge in [-0.3, -0.25) is 14.4 Å². The number of aliphatic hydroxyl groups excluding tert-OH is 1. The van der Waals surface area contributed by atoms with E-state index in [4.69, 9.17) is 17.3 Å². The number of fused-ring (bicyclic) bond motifs is 1. The number of aliphatic hydroxyl groups is 1. The number of hydrogen-bond donors (Lipinski definition) is 3. The molecule has 1 fully saturated rings. The Labute approximate surface area is 281 Å². The molecule has 1 aliphatic heterocycles. The number of nitrogens with two attached hydrogens (primary N) is 1. The number of amides is 3. The van der Waals surface area contributed by atoms with Crippen molar-refractivity contribution >= 4 is 40.1 Å². The average Bonchev–Trinajstić information content (AvgIpc) is 3.20. The first-order valence-corrected chi connectivity index (χ1v) is 16.6. The second-order valence-corrected chi connectivity index (χ2v) is 12.9. The number of carbonyl (C=O) groups excluding carboxylic acids is 3. The molecule has 246 valence electrons. The maximum atomic E-state index is 14.6. The van der Waals surface area contributed by atoms with Crippen LogP contribution < -0.4 is 11.1 Å². The molecule has 0 bridgehead atoms. The third kappa shape index (κ3) is 8.01. The fraction of sp³-hybridized carbons (Fsp3) is 0.342. The summed E-state index contributed by atoms with van der Waals surface area (Å²) in [4.78, 5) is 44.8. The Bertz CT molecular complexity index is 1690. The standard InChI is InChI=1S/C38H43ClN4O4/c1-25(36(45)28-11-4-3-5-12-28)24-41-20-18-34(44)43-26(2)19-21-42(38(47)35(43)30-15-9-16-31(39)22-30)33(37(40)46)23-29-14-8-13-27-10-6-7-17-32(27)29/h3-17,22,25-26,33,35-36,41,45H,18-21,23-24H2,1-2H3,(H2,40,46). The topological polar surface area (TPSA) is 116 Å². The van der Waals surface area contributed by atoms with Crippen LogP contribution in [0.15, 0.2) is 97.1 Å². The molecular formula is C38H43ClN4O4. The molecule has 1 saturated heterocycles. The first-order valence-electron chi connectivity index (χ1n) is 16.2. The van der Waals surface area contributed by atoms with Crippen molar-refractivity contribution in [1.82, 2.24) is 15.1 Å². The van der Waals surface area contributed by atoms with Crippen LogP contribution in [0.4, 0.5) is 0 Å². The molecule has 9 heteroatoms. The van der Waals surface area contributed by atoms with Gasteiger partial charge in [-0.2, -0.15) is 0 Å². The van der Waals surface area contributed by atoms with E-state index in [1.54, 1.807) is 34.1 Å². The monoisotopic (exact) mass is 654 g/mol. The highest BCUT2D eigenvalue weighted by Crippen LogP contribution is 2.33. The van der Waals surface area contributed by atoms with Gasteiger partial charge in [-0.05, 0) is 58.9 Å². The van der Waals surface area contributed by atoms with E-state index in [9.17, 15) is 19.5 Å². The van der Waals surface area contributed by atoms with Crippen LogP contribution >= 0.6 is 11.6 Å². The minimum absolute atomic E-state index is 0.0774. The van der Waals surface area contributed by atoms with E-state index in [-0.39, 0.29) is 43.2 Å². The van der Waals surface area contributed by atoms with Crippen LogP contribution in [-0.2, 0) is 20.8 Å². The summed E-state index contributed by atoms with van der Waals surface area (Å²) < 4.78 is 0. The molecule has 4 aromatic carbocycles. The van der Waals surface area contributed by atoms with E-state index in [1.807, 2.05) is 86.6 Å². The van der Waals surface area contributed by atoms with Gasteiger partial charge in [0.2, 0.25) is 11.8 Å². The Morgan fingerprint density at radius 3 is 2.45 bits per heavy atom. The zero-order chi connectivity index (χ0) is 33.5. The molecule has 5 unspecified atom stereocenters. The summed E-state index contributed by atoms with van der Waals surface area (Å²) in [5, 5.41) is 16.5. The zero-order valence-electron chi connectivity index (χ0n) is 26.9. The highest BCUT2D eigenvalue weighted by molar-refractivity contribution is 6.30. The quantitative estimate of drug-likeness (QED) is 0.176. The van der Waals surface area contributed by atoms with Crippen molar-refractivity contribution in [2.24, 2.45) is 11.7 Å². The van der Waals surface area contributed by atoms with Crippen LogP contribution in [0.3, 0.4) is 0 Å². The van der Waals surface area contributed by atoms with Crippen molar-refractivity contribution in [2.45, 2.75) is 57.3 Å². The molecular weight excluding hydrogens is 612 g/mol. The summed E-state index contributed by atoms with van der Waals surface area (Å²) >= 11 is 6.40. The lowest BCUT2D eigenvalue weighted by atomic mass is 9.96. The van der Waals surface area contributed by atoms with Gasteiger partial charge < -0.3 is 26.0 Å². The summed E-state index contributed by atoms with van der Waals surface area (Å²) in [6.45, 7) is 5.05. The SMILES string of the molecule is CC(CNCCC(=O)N1C(C)CCN(C(Cc2cccc3ccccc23)C(N)=O)C(=O)C1c1cccc(Cl)c1)C(O)c1ccccc1. The molecule has 4 aromatic rings. The third-order valence-corrected chi connectivity index (χ3v) is 9.41. The second kappa shape index (κ2) is 15.6. The summed E-state index contributed by atoms with van der Waals surface area (Å²) in [7, 11) is 0. The Morgan fingerprint density at radius 2 is 1.70 bits per heavy atom. The number of hydrogen-bond acceptors (Lipinski definition) is 5. The average molecular weight is 655 g/mol. The molecule has 0 radical (unpaired) electrons. The number of halogens is 1. The van der Waals surface area contributed by atoms with Crippen LogP contribution in [0.1, 0.15) is 55.5 Å². The lowest BCUT2D eigenvalue weighted by molar-refractivity contribution is -0.148. The number of carbonyl (C=O) groups is 3. The first-order chi connectivity index (χ1) is 22.7. The number of nitrogens with one attached hydrogen (secondary N) is 1. The predicted octanol–water partition coefficient (Wildman–Crippen LogP) is 5.43. The summed E-state index contributed by atoms with van der Waals surface area (Å²) in [5.41, 5.74) is 8.36. The molecule has 1 heterocycles. The van der Waals surface area contributed by atoms with Crippen molar-refractivity contribution < 1.29 is 19.5 Å². The fourth-order valence-corrected chi connectivity index (χ4v) is 6.77. The normalized spacial score (nSPS) is 18.9. The lowest BCUT2D eigenvalue weighted by Gasteiger charge is -2.36. The molecule has 0 aromatic heterocycles. The van der Waals surface area contributed by atoms with Gasteiger partial charge in [0.25, 0.3) is 5.91 Å². The van der Waals surface area contributed by atoms with Crippen LogP contribution in [0, 0.1) is 5.92 Å². The Kier molecular flexibility index (Phi) is 11.3. The second-order valence-electron chi connectivity index (χ2n) is 12.5. The smallest absolute Gasteiger partial charge is 0.250 e. The number of primary amides is 1. The van der Waals surface area contributed by atoms with E-state index in [2.05, 4.69) is 5.32 Å². The minimum atomic E-state index is -0.980. The molecule has 0 aliphatic carbocycles. The number of benzene rings is 4. The minimum Gasteiger partial charge on any atom is -0.388 e. The van der Waals surface area contributed by atoms with Gasteiger partial charge in [0, 0.05) is 43.5 Å². The van der Waals surface area contributed by atoms with Crippen molar-refractivity contribution in [3.8, 4) is 0 Å². The largest absolute Gasteiger partial charge is 0.388 e. The van der Waals surface area contributed by atoms with Crippen molar-refractivity contribution in [2.75, 3.05) is 19.6 Å². The van der Waals surface area contributed by atoms with Gasteiger partial charge in [0.05, 0.1) is 6.10 Å². The molecule has 0 saturated carbocycles. The number of nitrogens with zero attached hydrogens (tertiary/aromatic N) is 2. The number of rotatable bonds is 12. The van der Waals surface area contributed by atoms with E-state index in [0.29, 0.717) is 30.1 Å². The highest BCUT2D eigenvalue weighted by Gasteiger charge is 2.43. The zero-order valence-corrected chi connectivity index (χ0v) is 27.6. The predicted molar refractivity (Wildman–Crippen MR) is 186 cm³/mol. The molecule has 0 spiro atoms.